The summed E-state index contributed by atoms with van der Waals surface area (Å²) < 4.78 is 10.6. The molecule has 1 rings (SSSR count). The highest BCUT2D eigenvalue weighted by molar-refractivity contribution is 7.43. The topological polar surface area (TPSA) is 37.3 Å². The van der Waals surface area contributed by atoms with Crippen molar-refractivity contribution in [3.8, 4) is 0 Å². The van der Waals surface area contributed by atoms with Gasteiger partial charge in [-0.05, 0) is 24.0 Å². The van der Waals surface area contributed by atoms with Crippen molar-refractivity contribution in [3.63, 3.8) is 0 Å². The van der Waals surface area contributed by atoms with Gasteiger partial charge in [0.1, 0.15) is 0 Å². The summed E-state index contributed by atoms with van der Waals surface area (Å²) in [6, 6.07) is 0. The average Bonchev–Trinajstić information content (AvgIpc) is 2.05. The van der Waals surface area contributed by atoms with Crippen LogP contribution >= 0.6 is 8.03 Å². The standard InChI is InChI=1S/C8H13O2P/c1-7(11(9)10)8-5-3-2-4-6-8/h8H,1-6H2/p+1. The summed E-state index contributed by atoms with van der Waals surface area (Å²) in [5.41, 5.74) is 0. The lowest BCUT2D eigenvalue weighted by atomic mass is 9.89. The summed E-state index contributed by atoms with van der Waals surface area (Å²) in [4.78, 5) is 8.78. The minimum Gasteiger partial charge on any atom is -0.156 e. The molecule has 62 valence electrons. The van der Waals surface area contributed by atoms with E-state index in [1.807, 2.05) is 0 Å². The third kappa shape index (κ3) is 2.39. The SMILES string of the molecule is C=C(C1CCCCC1)[P+](=O)O. The maximum absolute atomic E-state index is 10.6. The molecule has 2 nitrogen and oxygen atoms in total. The Morgan fingerprint density at radius 2 is 1.91 bits per heavy atom. The second-order valence-corrected chi connectivity index (χ2v) is 4.22. The van der Waals surface area contributed by atoms with Crippen LogP contribution in [0.2, 0.25) is 0 Å². The van der Waals surface area contributed by atoms with Gasteiger partial charge >= 0.3 is 8.03 Å². The lowest BCUT2D eigenvalue weighted by Crippen LogP contribution is -2.06. The van der Waals surface area contributed by atoms with E-state index in [0.29, 0.717) is 11.2 Å². The lowest BCUT2D eigenvalue weighted by molar-refractivity contribution is 0.406. The zero-order chi connectivity index (χ0) is 8.27. The van der Waals surface area contributed by atoms with Crippen LogP contribution in [0.3, 0.4) is 0 Å². The first kappa shape index (κ1) is 8.89. The second-order valence-electron chi connectivity index (χ2n) is 3.10. The Morgan fingerprint density at radius 1 is 1.36 bits per heavy atom. The highest BCUT2D eigenvalue weighted by Gasteiger charge is 2.29. The van der Waals surface area contributed by atoms with Crippen LogP contribution in [0.25, 0.3) is 0 Å². The quantitative estimate of drug-likeness (QED) is 0.652. The third-order valence-corrected chi connectivity index (χ3v) is 3.18. The van der Waals surface area contributed by atoms with E-state index in [9.17, 15) is 4.57 Å². The van der Waals surface area contributed by atoms with Gasteiger partial charge in [0.25, 0.3) is 0 Å². The molecule has 1 unspecified atom stereocenters. The molecule has 0 radical (unpaired) electrons. The molecule has 0 heterocycles. The van der Waals surface area contributed by atoms with E-state index in [4.69, 9.17) is 4.89 Å². The van der Waals surface area contributed by atoms with Gasteiger partial charge in [-0.2, -0.15) is 4.89 Å². The average molecular weight is 173 g/mol. The summed E-state index contributed by atoms with van der Waals surface area (Å²) in [5.74, 6) is 0.317. The lowest BCUT2D eigenvalue weighted by Gasteiger charge is -2.16. The minimum atomic E-state index is -2.13. The molecule has 0 aromatic rings. The van der Waals surface area contributed by atoms with Crippen molar-refractivity contribution in [3.05, 3.63) is 11.9 Å². The van der Waals surface area contributed by atoms with Crippen LogP contribution in [-0.2, 0) is 4.57 Å². The van der Waals surface area contributed by atoms with Gasteiger partial charge in [-0.1, -0.05) is 19.3 Å². The van der Waals surface area contributed by atoms with Gasteiger partial charge in [0, 0.05) is 5.92 Å². The van der Waals surface area contributed by atoms with Crippen molar-refractivity contribution in [1.29, 1.82) is 0 Å². The smallest absolute Gasteiger partial charge is 0.156 e. The largest absolute Gasteiger partial charge is 0.541 e. The normalized spacial score (nSPS) is 21.4. The van der Waals surface area contributed by atoms with Crippen LogP contribution in [0, 0.1) is 5.92 Å². The van der Waals surface area contributed by atoms with Crippen molar-refractivity contribution >= 4 is 8.03 Å². The number of rotatable bonds is 2. The fourth-order valence-corrected chi connectivity index (χ4v) is 2.16. The number of allylic oxidation sites excluding steroid dienone is 1. The molecule has 1 atom stereocenters. The van der Waals surface area contributed by atoms with Crippen LogP contribution in [0.1, 0.15) is 32.1 Å². The van der Waals surface area contributed by atoms with Gasteiger partial charge in [-0.25, -0.2) is 0 Å². The highest BCUT2D eigenvalue weighted by Crippen LogP contribution is 2.39. The molecule has 0 bridgehead atoms. The third-order valence-electron chi connectivity index (χ3n) is 2.32. The fourth-order valence-electron chi connectivity index (χ4n) is 1.59. The molecule has 1 aliphatic rings. The first-order valence-electron chi connectivity index (χ1n) is 4.06. The van der Waals surface area contributed by atoms with E-state index in [0.717, 1.165) is 12.8 Å². The van der Waals surface area contributed by atoms with Gasteiger partial charge in [-0.15, -0.1) is 0 Å². The van der Waals surface area contributed by atoms with Gasteiger partial charge < -0.3 is 0 Å². The van der Waals surface area contributed by atoms with E-state index < -0.39 is 8.03 Å². The van der Waals surface area contributed by atoms with Crippen LogP contribution in [-0.4, -0.2) is 4.89 Å². The molecule has 3 heteroatoms. The minimum absolute atomic E-state index is 0.317. The Morgan fingerprint density at radius 3 is 2.36 bits per heavy atom. The second kappa shape index (κ2) is 3.99. The molecule has 0 aromatic heterocycles. The first-order valence-corrected chi connectivity index (χ1v) is 5.28. The van der Waals surface area contributed by atoms with Crippen molar-refractivity contribution in [1.82, 2.24) is 0 Å². The monoisotopic (exact) mass is 173 g/mol. The van der Waals surface area contributed by atoms with Gasteiger partial charge in [0.2, 0.25) is 0 Å². The predicted octanol–water partition coefficient (Wildman–Crippen LogP) is 2.82. The van der Waals surface area contributed by atoms with Crippen LogP contribution in [0.5, 0.6) is 0 Å². The van der Waals surface area contributed by atoms with E-state index in [-0.39, 0.29) is 0 Å². The summed E-state index contributed by atoms with van der Waals surface area (Å²) in [7, 11) is -2.13. The molecule has 0 spiro atoms. The van der Waals surface area contributed by atoms with Crippen LogP contribution in [0.4, 0.5) is 0 Å². The number of hydrogen-bond donors (Lipinski definition) is 1. The molecule has 0 saturated heterocycles. The van der Waals surface area contributed by atoms with E-state index >= 15 is 0 Å². The Kier molecular flexibility index (Phi) is 3.22. The summed E-state index contributed by atoms with van der Waals surface area (Å²) in [6.07, 6.45) is 5.76. The van der Waals surface area contributed by atoms with Gasteiger partial charge in [0.15, 0.2) is 5.31 Å². The van der Waals surface area contributed by atoms with Gasteiger partial charge in [0.05, 0.1) is 0 Å². The highest BCUT2D eigenvalue weighted by atomic mass is 31.1. The molecule has 0 aliphatic heterocycles. The summed E-state index contributed by atoms with van der Waals surface area (Å²) in [6.45, 7) is 3.64. The first-order chi connectivity index (χ1) is 5.22. The Balaban J connectivity index is 2.45. The molecule has 1 fully saturated rings. The van der Waals surface area contributed by atoms with Crippen LogP contribution in [0.15, 0.2) is 11.9 Å². The molecular weight excluding hydrogens is 159 g/mol. The zero-order valence-electron chi connectivity index (χ0n) is 6.62. The summed E-state index contributed by atoms with van der Waals surface area (Å²) in [5, 5.41) is 0.555. The molecule has 1 N–H and O–H groups in total. The fraction of sp³-hybridized carbons (Fsp3) is 0.750. The number of hydrogen-bond acceptors (Lipinski definition) is 1. The maximum atomic E-state index is 10.6. The molecule has 0 aromatic carbocycles. The van der Waals surface area contributed by atoms with E-state index in [1.54, 1.807) is 0 Å². The zero-order valence-corrected chi connectivity index (χ0v) is 7.52. The molecule has 11 heavy (non-hydrogen) atoms. The molecular formula is C8H14O2P+. The van der Waals surface area contributed by atoms with Crippen LogP contribution < -0.4 is 0 Å². The van der Waals surface area contributed by atoms with E-state index in [1.165, 1.54) is 19.3 Å². The predicted molar refractivity (Wildman–Crippen MR) is 45.5 cm³/mol. The molecule has 1 aliphatic carbocycles. The van der Waals surface area contributed by atoms with Crippen molar-refractivity contribution in [2.75, 3.05) is 0 Å². The Bertz CT molecular complexity index is 171. The Labute approximate surface area is 68.2 Å². The van der Waals surface area contributed by atoms with Crippen molar-refractivity contribution in [2.45, 2.75) is 32.1 Å². The molecule has 0 amide bonds. The Hall–Kier alpha value is -0.200. The van der Waals surface area contributed by atoms with Crippen molar-refractivity contribution in [2.24, 2.45) is 5.92 Å². The molecule has 1 saturated carbocycles. The maximum Gasteiger partial charge on any atom is 0.541 e. The van der Waals surface area contributed by atoms with Gasteiger partial charge in [-0.3, -0.25) is 0 Å². The van der Waals surface area contributed by atoms with E-state index in [2.05, 4.69) is 6.58 Å². The van der Waals surface area contributed by atoms with Crippen molar-refractivity contribution < 1.29 is 9.46 Å². The summed E-state index contributed by atoms with van der Waals surface area (Å²) >= 11 is 0.